The highest BCUT2D eigenvalue weighted by molar-refractivity contribution is 5.94. The maximum absolute atomic E-state index is 12.1. The van der Waals surface area contributed by atoms with Gasteiger partial charge in [0.15, 0.2) is 0 Å². The van der Waals surface area contributed by atoms with Crippen molar-refractivity contribution < 1.29 is 9.59 Å². The van der Waals surface area contributed by atoms with Crippen molar-refractivity contribution in [1.82, 2.24) is 10.3 Å². The lowest BCUT2D eigenvalue weighted by molar-refractivity contribution is -0.118. The van der Waals surface area contributed by atoms with E-state index in [1.54, 1.807) is 18.3 Å². The van der Waals surface area contributed by atoms with Crippen LogP contribution in [0.4, 0.5) is 5.69 Å². The standard InChI is InChI=1S/C18H22N4O2.ClH/c1-12(2)17(23)22-15-5-3-13(4-6-15)11-21-18(24)14-7-8-20-16(9-14)10-19;/h3-9,12H,10-11,19H2,1-2H3,(H,21,24)(H,22,23);1H. The third kappa shape index (κ3) is 6.17. The number of carbonyl (C=O) groups is 2. The first kappa shape index (κ1) is 20.6. The summed E-state index contributed by atoms with van der Waals surface area (Å²) in [5.41, 5.74) is 8.42. The number of carbonyl (C=O) groups excluding carboxylic acids is 2. The highest BCUT2D eigenvalue weighted by Gasteiger charge is 2.08. The van der Waals surface area contributed by atoms with E-state index in [1.807, 2.05) is 38.1 Å². The van der Waals surface area contributed by atoms with Crippen LogP contribution in [0, 0.1) is 5.92 Å². The summed E-state index contributed by atoms with van der Waals surface area (Å²) in [5, 5.41) is 5.68. The van der Waals surface area contributed by atoms with Gasteiger partial charge in [0.05, 0.1) is 5.69 Å². The molecule has 1 heterocycles. The fraction of sp³-hybridized carbons (Fsp3) is 0.278. The van der Waals surface area contributed by atoms with Gasteiger partial charge in [0.2, 0.25) is 5.91 Å². The summed E-state index contributed by atoms with van der Waals surface area (Å²) in [7, 11) is 0. The van der Waals surface area contributed by atoms with Gasteiger partial charge in [0.1, 0.15) is 0 Å². The van der Waals surface area contributed by atoms with E-state index in [4.69, 9.17) is 5.73 Å². The van der Waals surface area contributed by atoms with Crippen molar-refractivity contribution >= 4 is 29.9 Å². The van der Waals surface area contributed by atoms with Crippen LogP contribution in [0.3, 0.4) is 0 Å². The first-order valence-electron chi connectivity index (χ1n) is 7.82. The molecule has 134 valence electrons. The molecule has 0 radical (unpaired) electrons. The molecule has 0 aliphatic heterocycles. The van der Waals surface area contributed by atoms with Crippen LogP contribution >= 0.6 is 12.4 Å². The average Bonchev–Trinajstić information content (AvgIpc) is 2.60. The second-order valence-corrected chi connectivity index (χ2v) is 5.76. The summed E-state index contributed by atoms with van der Waals surface area (Å²) in [4.78, 5) is 27.8. The highest BCUT2D eigenvalue weighted by Crippen LogP contribution is 2.11. The van der Waals surface area contributed by atoms with Crippen LogP contribution in [0.5, 0.6) is 0 Å². The lowest BCUT2D eigenvalue weighted by Gasteiger charge is -2.09. The molecule has 0 unspecified atom stereocenters. The van der Waals surface area contributed by atoms with Gasteiger partial charge in [0.25, 0.3) is 5.91 Å². The van der Waals surface area contributed by atoms with Gasteiger partial charge in [0, 0.05) is 36.5 Å². The summed E-state index contributed by atoms with van der Waals surface area (Å²) in [6.45, 7) is 4.38. The van der Waals surface area contributed by atoms with Crippen molar-refractivity contribution in [2.45, 2.75) is 26.9 Å². The maximum Gasteiger partial charge on any atom is 0.251 e. The number of benzene rings is 1. The number of anilines is 1. The summed E-state index contributed by atoms with van der Waals surface area (Å²) >= 11 is 0. The largest absolute Gasteiger partial charge is 0.348 e. The summed E-state index contributed by atoms with van der Waals surface area (Å²) in [6, 6.07) is 10.7. The van der Waals surface area contributed by atoms with Crippen LogP contribution in [0.25, 0.3) is 0 Å². The minimum Gasteiger partial charge on any atom is -0.348 e. The van der Waals surface area contributed by atoms with Gasteiger partial charge in [-0.25, -0.2) is 0 Å². The molecule has 0 fully saturated rings. The molecule has 0 aliphatic rings. The highest BCUT2D eigenvalue weighted by atomic mass is 35.5. The zero-order chi connectivity index (χ0) is 17.5. The zero-order valence-electron chi connectivity index (χ0n) is 14.3. The summed E-state index contributed by atoms with van der Waals surface area (Å²) in [6.07, 6.45) is 1.57. The Labute approximate surface area is 153 Å². The summed E-state index contributed by atoms with van der Waals surface area (Å²) < 4.78 is 0. The fourth-order valence-corrected chi connectivity index (χ4v) is 2.01. The monoisotopic (exact) mass is 362 g/mol. The van der Waals surface area contributed by atoms with Gasteiger partial charge >= 0.3 is 0 Å². The molecular formula is C18H23ClN4O2. The van der Waals surface area contributed by atoms with Crippen LogP contribution in [-0.2, 0) is 17.9 Å². The van der Waals surface area contributed by atoms with Crippen LogP contribution in [0.15, 0.2) is 42.6 Å². The number of pyridine rings is 1. The van der Waals surface area contributed by atoms with Gasteiger partial charge in [-0.05, 0) is 29.8 Å². The van der Waals surface area contributed by atoms with Crippen molar-refractivity contribution in [1.29, 1.82) is 0 Å². The Hall–Kier alpha value is -2.44. The van der Waals surface area contributed by atoms with E-state index >= 15 is 0 Å². The van der Waals surface area contributed by atoms with Crippen LogP contribution < -0.4 is 16.4 Å². The van der Waals surface area contributed by atoms with E-state index in [2.05, 4.69) is 15.6 Å². The Morgan fingerprint density at radius 3 is 2.44 bits per heavy atom. The molecule has 7 heteroatoms. The third-order valence-corrected chi connectivity index (χ3v) is 3.49. The van der Waals surface area contributed by atoms with Crippen molar-refractivity contribution in [3.63, 3.8) is 0 Å². The van der Waals surface area contributed by atoms with Gasteiger partial charge in [-0.1, -0.05) is 26.0 Å². The quantitative estimate of drug-likeness (QED) is 0.735. The minimum absolute atomic E-state index is 0. The third-order valence-electron chi connectivity index (χ3n) is 3.49. The molecule has 0 spiro atoms. The number of amides is 2. The topological polar surface area (TPSA) is 97.1 Å². The second kappa shape index (κ2) is 9.76. The lowest BCUT2D eigenvalue weighted by Crippen LogP contribution is -2.23. The average molecular weight is 363 g/mol. The van der Waals surface area contributed by atoms with E-state index in [0.29, 0.717) is 24.3 Å². The molecular weight excluding hydrogens is 340 g/mol. The maximum atomic E-state index is 12.1. The molecule has 0 aliphatic carbocycles. The molecule has 0 saturated heterocycles. The number of hydrogen-bond acceptors (Lipinski definition) is 4. The van der Waals surface area contributed by atoms with Gasteiger partial charge in [-0.3, -0.25) is 14.6 Å². The van der Waals surface area contributed by atoms with E-state index in [-0.39, 0.29) is 30.1 Å². The molecule has 25 heavy (non-hydrogen) atoms. The van der Waals surface area contributed by atoms with Gasteiger partial charge in [-0.2, -0.15) is 0 Å². The first-order chi connectivity index (χ1) is 11.5. The molecule has 0 bridgehead atoms. The van der Waals surface area contributed by atoms with E-state index in [1.165, 1.54) is 0 Å². The minimum atomic E-state index is -0.177. The van der Waals surface area contributed by atoms with Crippen molar-refractivity contribution in [3.8, 4) is 0 Å². The predicted molar refractivity (Wildman–Crippen MR) is 100 cm³/mol. The molecule has 1 aromatic heterocycles. The normalized spacial score (nSPS) is 10.1. The van der Waals surface area contributed by atoms with E-state index in [0.717, 1.165) is 11.3 Å². The Bertz CT molecular complexity index is 717. The Morgan fingerprint density at radius 2 is 1.84 bits per heavy atom. The number of halogens is 1. The SMILES string of the molecule is CC(C)C(=O)Nc1ccc(CNC(=O)c2ccnc(CN)c2)cc1.Cl. The van der Waals surface area contributed by atoms with Crippen molar-refractivity contribution in [2.75, 3.05) is 5.32 Å². The molecule has 4 N–H and O–H groups in total. The van der Waals surface area contributed by atoms with Gasteiger partial charge < -0.3 is 16.4 Å². The number of nitrogens with zero attached hydrogens (tertiary/aromatic N) is 1. The number of nitrogens with one attached hydrogen (secondary N) is 2. The second-order valence-electron chi connectivity index (χ2n) is 5.76. The molecule has 2 rings (SSSR count). The van der Waals surface area contributed by atoms with Crippen molar-refractivity contribution in [2.24, 2.45) is 11.7 Å². The molecule has 1 aromatic carbocycles. The Kier molecular flexibility index (Phi) is 8.04. The molecule has 0 atom stereocenters. The van der Waals surface area contributed by atoms with Gasteiger partial charge in [-0.15, -0.1) is 12.4 Å². The van der Waals surface area contributed by atoms with Crippen LogP contribution in [0.1, 0.15) is 35.5 Å². The first-order valence-corrected chi connectivity index (χ1v) is 7.82. The fourth-order valence-electron chi connectivity index (χ4n) is 2.01. The molecule has 2 aromatic rings. The van der Waals surface area contributed by atoms with Crippen LogP contribution in [0.2, 0.25) is 0 Å². The number of rotatable bonds is 6. The number of aromatic nitrogens is 1. The number of hydrogen-bond donors (Lipinski definition) is 3. The Balaban J connectivity index is 0.00000312. The zero-order valence-corrected chi connectivity index (χ0v) is 15.1. The van der Waals surface area contributed by atoms with Crippen LogP contribution in [-0.4, -0.2) is 16.8 Å². The molecule has 6 nitrogen and oxygen atoms in total. The molecule has 2 amide bonds. The van der Waals surface area contributed by atoms with E-state index < -0.39 is 0 Å². The smallest absolute Gasteiger partial charge is 0.251 e. The lowest BCUT2D eigenvalue weighted by atomic mass is 10.1. The predicted octanol–water partition coefficient (Wildman–Crippen LogP) is 2.49. The van der Waals surface area contributed by atoms with E-state index in [9.17, 15) is 9.59 Å². The number of nitrogens with two attached hydrogens (primary N) is 1. The Morgan fingerprint density at radius 1 is 1.16 bits per heavy atom. The van der Waals surface area contributed by atoms with Crippen molar-refractivity contribution in [3.05, 3.63) is 59.4 Å². The molecule has 0 saturated carbocycles. The summed E-state index contributed by atoms with van der Waals surface area (Å²) in [5.74, 6) is -0.267.